The number of nitrogens with zero attached hydrogens (tertiary/aromatic N) is 1. The number of unbranched alkanes of at least 4 members (excludes halogenated alkanes) is 1. The van der Waals surface area contributed by atoms with Gasteiger partial charge in [-0.05, 0) is 24.9 Å². The van der Waals surface area contributed by atoms with Crippen molar-refractivity contribution in [3.63, 3.8) is 0 Å². The lowest BCUT2D eigenvalue weighted by molar-refractivity contribution is -0.137. The van der Waals surface area contributed by atoms with E-state index in [-0.39, 0.29) is 19.1 Å². The Morgan fingerprint density at radius 1 is 1.47 bits per heavy atom. The molecule has 0 radical (unpaired) electrons. The number of hydrogen-bond donors (Lipinski definition) is 2. The highest BCUT2D eigenvalue weighted by atomic mass is 32.2. The first-order valence-corrected chi connectivity index (χ1v) is 6.85. The van der Waals surface area contributed by atoms with Gasteiger partial charge < -0.3 is 15.3 Å². The lowest BCUT2D eigenvalue weighted by atomic mass is 10.3. The number of thioether (sulfide) groups is 1. The Morgan fingerprint density at radius 3 is 2.71 bits per heavy atom. The molecule has 0 bridgehead atoms. The zero-order valence-corrected chi connectivity index (χ0v) is 11.0. The van der Waals surface area contributed by atoms with Crippen LogP contribution in [0.25, 0.3) is 0 Å². The Balaban J connectivity index is 3.88. The number of hydrogen-bond acceptors (Lipinski definition) is 3. The van der Waals surface area contributed by atoms with Gasteiger partial charge in [0.25, 0.3) is 0 Å². The van der Waals surface area contributed by atoms with Crippen molar-refractivity contribution < 1.29 is 14.7 Å². The SMILES string of the molecule is C=CCN(CC(=O)O)C(=O)NCCCCSC. The third kappa shape index (κ3) is 8.62. The minimum Gasteiger partial charge on any atom is -0.480 e. The molecule has 0 spiro atoms. The molecular formula is C11H20N2O3S. The molecule has 6 heteroatoms. The smallest absolute Gasteiger partial charge is 0.323 e. The van der Waals surface area contributed by atoms with Gasteiger partial charge in [0.05, 0.1) is 0 Å². The van der Waals surface area contributed by atoms with Crippen molar-refractivity contribution >= 4 is 23.8 Å². The third-order valence-corrected chi connectivity index (χ3v) is 2.71. The minimum absolute atomic E-state index is 0.239. The summed E-state index contributed by atoms with van der Waals surface area (Å²) in [7, 11) is 0. The number of amides is 2. The fourth-order valence-electron chi connectivity index (χ4n) is 1.22. The van der Waals surface area contributed by atoms with E-state index < -0.39 is 5.97 Å². The first-order chi connectivity index (χ1) is 8.11. The van der Waals surface area contributed by atoms with Gasteiger partial charge in [-0.25, -0.2) is 4.79 Å². The lowest BCUT2D eigenvalue weighted by Gasteiger charge is -2.19. The molecule has 0 aromatic rings. The fraction of sp³-hybridized carbons (Fsp3) is 0.636. The first-order valence-electron chi connectivity index (χ1n) is 5.46. The predicted molar refractivity (Wildman–Crippen MR) is 70.4 cm³/mol. The number of carbonyl (C=O) groups excluding carboxylic acids is 1. The number of nitrogens with one attached hydrogen (secondary N) is 1. The molecule has 0 aliphatic carbocycles. The normalized spacial score (nSPS) is 9.71. The van der Waals surface area contributed by atoms with Crippen LogP contribution in [0.4, 0.5) is 4.79 Å². The van der Waals surface area contributed by atoms with Crippen LogP contribution in [0.5, 0.6) is 0 Å². The molecule has 5 nitrogen and oxygen atoms in total. The van der Waals surface area contributed by atoms with E-state index in [9.17, 15) is 9.59 Å². The molecule has 0 heterocycles. The van der Waals surface area contributed by atoms with Crippen molar-refractivity contribution in [3.8, 4) is 0 Å². The van der Waals surface area contributed by atoms with Crippen molar-refractivity contribution in [2.24, 2.45) is 0 Å². The molecule has 0 aliphatic rings. The largest absolute Gasteiger partial charge is 0.480 e. The lowest BCUT2D eigenvalue weighted by Crippen LogP contribution is -2.43. The maximum absolute atomic E-state index is 11.6. The second-order valence-corrected chi connectivity index (χ2v) is 4.48. The standard InChI is InChI=1S/C11H20N2O3S/c1-3-7-13(9-10(14)15)11(16)12-6-4-5-8-17-2/h3H,1,4-9H2,2H3,(H,12,16)(H,14,15). The van der Waals surface area contributed by atoms with Crippen LogP contribution in [0.1, 0.15) is 12.8 Å². The highest BCUT2D eigenvalue weighted by Crippen LogP contribution is 1.98. The predicted octanol–water partition coefficient (Wildman–Crippen LogP) is 1.41. The van der Waals surface area contributed by atoms with Gasteiger partial charge in [0.15, 0.2) is 0 Å². The fourth-order valence-corrected chi connectivity index (χ4v) is 1.71. The number of carbonyl (C=O) groups is 2. The van der Waals surface area contributed by atoms with Crippen LogP contribution in [0, 0.1) is 0 Å². The Labute approximate surface area is 106 Å². The quantitative estimate of drug-likeness (QED) is 0.486. The monoisotopic (exact) mass is 260 g/mol. The Morgan fingerprint density at radius 2 is 2.18 bits per heavy atom. The van der Waals surface area contributed by atoms with Crippen molar-refractivity contribution in [2.75, 3.05) is 31.6 Å². The number of carboxylic acids is 1. The Bertz CT molecular complexity index is 259. The van der Waals surface area contributed by atoms with Gasteiger partial charge in [-0.1, -0.05) is 6.08 Å². The number of aliphatic carboxylic acids is 1. The van der Waals surface area contributed by atoms with Gasteiger partial charge in [0, 0.05) is 13.1 Å². The maximum Gasteiger partial charge on any atom is 0.323 e. The van der Waals surface area contributed by atoms with E-state index in [1.165, 1.54) is 11.0 Å². The molecule has 98 valence electrons. The molecule has 0 rings (SSSR count). The molecule has 2 amide bonds. The van der Waals surface area contributed by atoms with E-state index in [0.29, 0.717) is 6.54 Å². The van der Waals surface area contributed by atoms with Gasteiger partial charge in [0.2, 0.25) is 0 Å². The second kappa shape index (κ2) is 10.0. The van der Waals surface area contributed by atoms with Crippen LogP contribution in [-0.4, -0.2) is 53.6 Å². The first kappa shape index (κ1) is 15.8. The molecule has 17 heavy (non-hydrogen) atoms. The van der Waals surface area contributed by atoms with E-state index in [0.717, 1.165) is 18.6 Å². The third-order valence-electron chi connectivity index (χ3n) is 2.01. The summed E-state index contributed by atoms with van der Waals surface area (Å²) in [5.41, 5.74) is 0. The van der Waals surface area contributed by atoms with Crippen LogP contribution in [0.3, 0.4) is 0 Å². The Kier molecular flexibility index (Phi) is 9.33. The van der Waals surface area contributed by atoms with Crippen molar-refractivity contribution in [3.05, 3.63) is 12.7 Å². The molecule has 0 atom stereocenters. The number of urea groups is 1. The number of carboxylic acid groups (broad SMARTS) is 1. The molecule has 2 N–H and O–H groups in total. The highest BCUT2D eigenvalue weighted by Gasteiger charge is 2.14. The minimum atomic E-state index is -1.02. The summed E-state index contributed by atoms with van der Waals surface area (Å²) in [6, 6.07) is -0.351. The summed E-state index contributed by atoms with van der Waals surface area (Å²) >= 11 is 1.77. The van der Waals surface area contributed by atoms with Gasteiger partial charge >= 0.3 is 12.0 Å². The zero-order valence-electron chi connectivity index (χ0n) is 10.1. The summed E-state index contributed by atoms with van der Waals surface area (Å²) < 4.78 is 0. The van der Waals surface area contributed by atoms with Gasteiger partial charge in [-0.2, -0.15) is 11.8 Å². The van der Waals surface area contributed by atoms with Crippen molar-refractivity contribution in [2.45, 2.75) is 12.8 Å². The van der Waals surface area contributed by atoms with Gasteiger partial charge in [-0.15, -0.1) is 6.58 Å². The molecular weight excluding hydrogens is 240 g/mol. The van der Waals surface area contributed by atoms with Gasteiger partial charge in [-0.3, -0.25) is 4.79 Å². The van der Waals surface area contributed by atoms with Crippen LogP contribution in [0.15, 0.2) is 12.7 Å². The number of rotatable bonds is 9. The summed E-state index contributed by atoms with van der Waals surface area (Å²) in [5.74, 6) is 0.0471. The molecule has 0 aliphatic heterocycles. The summed E-state index contributed by atoms with van der Waals surface area (Å²) in [4.78, 5) is 23.4. The summed E-state index contributed by atoms with van der Waals surface area (Å²) in [5, 5.41) is 11.3. The van der Waals surface area contributed by atoms with Crippen LogP contribution < -0.4 is 5.32 Å². The van der Waals surface area contributed by atoms with Crippen LogP contribution in [0.2, 0.25) is 0 Å². The Hall–Kier alpha value is -1.17. The van der Waals surface area contributed by atoms with E-state index in [2.05, 4.69) is 11.9 Å². The molecule has 0 unspecified atom stereocenters. The molecule has 0 saturated carbocycles. The van der Waals surface area contributed by atoms with Crippen LogP contribution >= 0.6 is 11.8 Å². The van der Waals surface area contributed by atoms with Crippen molar-refractivity contribution in [1.82, 2.24) is 10.2 Å². The average Bonchev–Trinajstić information content (AvgIpc) is 2.27. The molecule has 0 fully saturated rings. The van der Waals surface area contributed by atoms with Gasteiger partial charge in [0.1, 0.15) is 6.54 Å². The topological polar surface area (TPSA) is 69.6 Å². The second-order valence-electron chi connectivity index (χ2n) is 3.49. The van der Waals surface area contributed by atoms with E-state index >= 15 is 0 Å². The molecule has 0 saturated heterocycles. The van der Waals surface area contributed by atoms with E-state index in [1.54, 1.807) is 11.8 Å². The van der Waals surface area contributed by atoms with Crippen LogP contribution in [-0.2, 0) is 4.79 Å². The maximum atomic E-state index is 11.6. The zero-order chi connectivity index (χ0) is 13.1. The summed E-state index contributed by atoms with van der Waals surface area (Å²) in [6.45, 7) is 4.01. The van der Waals surface area contributed by atoms with E-state index in [1.807, 2.05) is 6.26 Å². The molecule has 0 aromatic carbocycles. The van der Waals surface area contributed by atoms with E-state index in [4.69, 9.17) is 5.11 Å². The summed E-state index contributed by atoms with van der Waals surface area (Å²) in [6.07, 6.45) is 5.50. The highest BCUT2D eigenvalue weighted by molar-refractivity contribution is 7.98. The molecule has 0 aromatic heterocycles. The van der Waals surface area contributed by atoms with Crippen molar-refractivity contribution in [1.29, 1.82) is 0 Å². The average molecular weight is 260 g/mol.